The van der Waals surface area contributed by atoms with Crippen molar-refractivity contribution in [1.29, 1.82) is 0 Å². The molecule has 6 heteroatoms. The highest BCUT2D eigenvalue weighted by molar-refractivity contribution is 7.14. The van der Waals surface area contributed by atoms with Crippen LogP contribution in [0.3, 0.4) is 0 Å². The van der Waals surface area contributed by atoms with Crippen molar-refractivity contribution in [2.75, 3.05) is 23.3 Å². The van der Waals surface area contributed by atoms with Crippen LogP contribution in [0.25, 0.3) is 0 Å². The standard InChI is InChI=1S/C19H24FN3OS/c1-12(2)19-21-13(3)17(25-19)18(24)22-15-11-14(20)7-8-16(15)23-9-5-4-6-10-23/h7-8,11-12H,4-6,9-10H2,1-3H3,(H,22,24). The minimum absolute atomic E-state index is 0.217. The van der Waals surface area contributed by atoms with Crippen LogP contribution in [0.5, 0.6) is 0 Å². The van der Waals surface area contributed by atoms with Gasteiger partial charge in [-0.15, -0.1) is 11.3 Å². The van der Waals surface area contributed by atoms with Crippen LogP contribution in [0.1, 0.15) is 59.4 Å². The molecule has 4 nitrogen and oxygen atoms in total. The van der Waals surface area contributed by atoms with Crippen LogP contribution >= 0.6 is 11.3 Å². The number of hydrogen-bond acceptors (Lipinski definition) is 4. The predicted molar refractivity (Wildman–Crippen MR) is 101 cm³/mol. The van der Waals surface area contributed by atoms with Gasteiger partial charge in [-0.05, 0) is 44.4 Å². The van der Waals surface area contributed by atoms with Gasteiger partial charge in [0.15, 0.2) is 0 Å². The molecule has 1 aromatic heterocycles. The maximum Gasteiger partial charge on any atom is 0.267 e. The third-order valence-corrected chi connectivity index (χ3v) is 5.87. The second-order valence-corrected chi connectivity index (χ2v) is 7.82. The number of nitrogens with one attached hydrogen (secondary N) is 1. The number of aryl methyl sites for hydroxylation is 1. The lowest BCUT2D eigenvalue weighted by molar-refractivity contribution is 0.103. The third kappa shape index (κ3) is 4.00. The number of aromatic nitrogens is 1. The Labute approximate surface area is 152 Å². The number of amides is 1. The predicted octanol–water partition coefficient (Wildman–Crippen LogP) is 4.96. The first-order valence-electron chi connectivity index (χ1n) is 8.79. The van der Waals surface area contributed by atoms with Crippen LogP contribution in [0, 0.1) is 12.7 Å². The molecule has 25 heavy (non-hydrogen) atoms. The summed E-state index contributed by atoms with van der Waals surface area (Å²) in [6.45, 7) is 7.83. The molecule has 134 valence electrons. The minimum atomic E-state index is -0.347. The van der Waals surface area contributed by atoms with Crippen molar-refractivity contribution in [2.45, 2.75) is 46.0 Å². The Morgan fingerprint density at radius 1 is 1.28 bits per heavy atom. The zero-order valence-corrected chi connectivity index (χ0v) is 15.8. The molecule has 0 radical (unpaired) electrons. The molecule has 1 aromatic carbocycles. The number of anilines is 2. The van der Waals surface area contributed by atoms with Gasteiger partial charge in [0.1, 0.15) is 10.7 Å². The second-order valence-electron chi connectivity index (χ2n) is 6.78. The van der Waals surface area contributed by atoms with Crippen molar-refractivity contribution in [1.82, 2.24) is 4.98 Å². The SMILES string of the molecule is Cc1nc(C(C)C)sc1C(=O)Nc1cc(F)ccc1N1CCCCC1. The highest BCUT2D eigenvalue weighted by Crippen LogP contribution is 2.31. The minimum Gasteiger partial charge on any atom is -0.370 e. The lowest BCUT2D eigenvalue weighted by Gasteiger charge is -2.30. The summed E-state index contributed by atoms with van der Waals surface area (Å²) in [6.07, 6.45) is 3.46. The molecule has 2 heterocycles. The molecule has 0 unspecified atom stereocenters. The summed E-state index contributed by atoms with van der Waals surface area (Å²) in [5.74, 6) is -0.283. The summed E-state index contributed by atoms with van der Waals surface area (Å²) >= 11 is 1.41. The van der Waals surface area contributed by atoms with E-state index in [9.17, 15) is 9.18 Å². The van der Waals surface area contributed by atoms with E-state index in [1.165, 1.54) is 29.9 Å². The van der Waals surface area contributed by atoms with E-state index in [4.69, 9.17) is 0 Å². The molecule has 1 aliphatic rings. The number of rotatable bonds is 4. The molecule has 1 aliphatic heterocycles. The zero-order valence-electron chi connectivity index (χ0n) is 14.9. The topological polar surface area (TPSA) is 45.2 Å². The Morgan fingerprint density at radius 2 is 2.00 bits per heavy atom. The summed E-state index contributed by atoms with van der Waals surface area (Å²) in [6, 6.07) is 4.62. The molecule has 0 aliphatic carbocycles. The molecule has 1 amide bonds. The first kappa shape index (κ1) is 17.9. The number of thiazole rings is 1. The van der Waals surface area contributed by atoms with Gasteiger partial charge in [0.25, 0.3) is 5.91 Å². The number of halogens is 1. The largest absolute Gasteiger partial charge is 0.370 e. The van der Waals surface area contributed by atoms with Crippen LogP contribution < -0.4 is 10.2 Å². The Kier molecular flexibility index (Phi) is 5.37. The van der Waals surface area contributed by atoms with E-state index in [1.807, 2.05) is 6.92 Å². The Balaban J connectivity index is 1.86. The van der Waals surface area contributed by atoms with Crippen molar-refractivity contribution >= 4 is 28.6 Å². The quantitative estimate of drug-likeness (QED) is 0.837. The summed E-state index contributed by atoms with van der Waals surface area (Å²) in [4.78, 5) is 20.0. The fraction of sp³-hybridized carbons (Fsp3) is 0.474. The van der Waals surface area contributed by atoms with E-state index < -0.39 is 0 Å². The van der Waals surface area contributed by atoms with E-state index >= 15 is 0 Å². The van der Waals surface area contributed by atoms with Gasteiger partial charge in [0.05, 0.1) is 22.1 Å². The van der Waals surface area contributed by atoms with Crippen LogP contribution in [0.15, 0.2) is 18.2 Å². The van der Waals surface area contributed by atoms with Gasteiger partial charge < -0.3 is 10.2 Å². The highest BCUT2D eigenvalue weighted by atomic mass is 32.1. The average Bonchev–Trinajstić information content (AvgIpc) is 2.98. The molecule has 1 fully saturated rings. The molecular formula is C19H24FN3OS. The van der Waals surface area contributed by atoms with Gasteiger partial charge in [-0.3, -0.25) is 4.79 Å². The molecule has 3 rings (SSSR count). The van der Waals surface area contributed by atoms with E-state index in [1.54, 1.807) is 6.07 Å². The lowest BCUT2D eigenvalue weighted by Crippen LogP contribution is -2.30. The van der Waals surface area contributed by atoms with Crippen LogP contribution in [-0.2, 0) is 0 Å². The van der Waals surface area contributed by atoms with E-state index in [2.05, 4.69) is 29.0 Å². The molecule has 0 saturated carbocycles. The maximum atomic E-state index is 13.8. The number of benzene rings is 1. The van der Waals surface area contributed by atoms with Crippen LogP contribution in [0.4, 0.5) is 15.8 Å². The third-order valence-electron chi connectivity index (χ3n) is 4.42. The van der Waals surface area contributed by atoms with Gasteiger partial charge >= 0.3 is 0 Å². The molecule has 1 saturated heterocycles. The number of carbonyl (C=O) groups excluding carboxylic acids is 1. The van der Waals surface area contributed by atoms with Gasteiger partial charge in [-0.1, -0.05) is 13.8 Å². The van der Waals surface area contributed by atoms with Crippen molar-refractivity contribution in [3.05, 3.63) is 39.6 Å². The van der Waals surface area contributed by atoms with Crippen molar-refractivity contribution in [2.24, 2.45) is 0 Å². The lowest BCUT2D eigenvalue weighted by atomic mass is 10.1. The van der Waals surface area contributed by atoms with E-state index in [-0.39, 0.29) is 17.6 Å². The van der Waals surface area contributed by atoms with E-state index in [0.717, 1.165) is 42.3 Å². The Bertz CT molecular complexity index is 766. The number of hydrogen-bond donors (Lipinski definition) is 1. The van der Waals surface area contributed by atoms with Gasteiger partial charge in [-0.2, -0.15) is 0 Å². The van der Waals surface area contributed by atoms with E-state index in [0.29, 0.717) is 10.6 Å². The van der Waals surface area contributed by atoms with Crippen molar-refractivity contribution in [3.8, 4) is 0 Å². The fourth-order valence-corrected chi connectivity index (χ4v) is 4.04. The molecular weight excluding hydrogens is 337 g/mol. The molecule has 0 atom stereocenters. The van der Waals surface area contributed by atoms with Crippen molar-refractivity contribution < 1.29 is 9.18 Å². The van der Waals surface area contributed by atoms with Crippen LogP contribution in [-0.4, -0.2) is 24.0 Å². The maximum absolute atomic E-state index is 13.8. The van der Waals surface area contributed by atoms with Crippen molar-refractivity contribution in [3.63, 3.8) is 0 Å². The van der Waals surface area contributed by atoms with Crippen LogP contribution in [0.2, 0.25) is 0 Å². The second kappa shape index (κ2) is 7.52. The summed E-state index contributed by atoms with van der Waals surface area (Å²) in [5.41, 5.74) is 2.15. The number of carbonyl (C=O) groups is 1. The molecule has 0 spiro atoms. The van der Waals surface area contributed by atoms with Gasteiger partial charge in [0, 0.05) is 19.0 Å². The molecule has 1 N–H and O–H groups in total. The summed E-state index contributed by atoms with van der Waals surface area (Å²) in [7, 11) is 0. The van der Waals surface area contributed by atoms with Gasteiger partial charge in [0.2, 0.25) is 0 Å². The summed E-state index contributed by atoms with van der Waals surface area (Å²) < 4.78 is 13.8. The smallest absolute Gasteiger partial charge is 0.267 e. The fourth-order valence-electron chi connectivity index (χ4n) is 3.07. The average molecular weight is 361 g/mol. The zero-order chi connectivity index (χ0) is 18.0. The first-order chi connectivity index (χ1) is 12.0. The first-order valence-corrected chi connectivity index (χ1v) is 9.60. The number of nitrogens with zero attached hydrogens (tertiary/aromatic N) is 2. The molecule has 0 bridgehead atoms. The Morgan fingerprint density at radius 3 is 2.64 bits per heavy atom. The Hall–Kier alpha value is -1.95. The highest BCUT2D eigenvalue weighted by Gasteiger charge is 2.20. The summed E-state index contributed by atoms with van der Waals surface area (Å²) in [5, 5.41) is 3.85. The monoisotopic (exact) mass is 361 g/mol. The molecule has 2 aromatic rings. The van der Waals surface area contributed by atoms with Gasteiger partial charge in [-0.25, -0.2) is 9.37 Å². The number of piperidine rings is 1. The normalized spacial score (nSPS) is 14.8.